The molecule has 7 heteroatoms. The van der Waals surface area contributed by atoms with Gasteiger partial charge in [0.15, 0.2) is 5.13 Å². The second kappa shape index (κ2) is 7.32. The minimum atomic E-state index is -0.355. The first-order chi connectivity index (χ1) is 11.6. The molecule has 0 saturated carbocycles. The third-order valence-electron chi connectivity index (χ3n) is 4.20. The summed E-state index contributed by atoms with van der Waals surface area (Å²) >= 11 is 7.06. The molecule has 1 aromatic heterocycles. The van der Waals surface area contributed by atoms with Crippen molar-refractivity contribution in [1.82, 2.24) is 9.88 Å². The van der Waals surface area contributed by atoms with Gasteiger partial charge in [0.2, 0.25) is 11.8 Å². The molecule has 1 aliphatic heterocycles. The van der Waals surface area contributed by atoms with Gasteiger partial charge in [-0.05, 0) is 12.5 Å². The molecule has 2 atom stereocenters. The summed E-state index contributed by atoms with van der Waals surface area (Å²) in [5, 5.41) is 5.13. The Hall–Kier alpha value is -1.92. The number of aromatic nitrogens is 1. The smallest absolute Gasteiger partial charge is 0.231 e. The predicted molar refractivity (Wildman–Crippen MR) is 95.0 cm³/mol. The highest BCUT2D eigenvalue weighted by molar-refractivity contribution is 7.14. The molecule has 2 heterocycles. The van der Waals surface area contributed by atoms with Crippen molar-refractivity contribution in [3.05, 3.63) is 47.0 Å². The maximum Gasteiger partial charge on any atom is 0.231 e. The first kappa shape index (κ1) is 16.9. The molecule has 5 nitrogen and oxygen atoms in total. The molecule has 2 amide bonds. The van der Waals surface area contributed by atoms with E-state index in [1.54, 1.807) is 4.90 Å². The Morgan fingerprint density at radius 3 is 2.88 bits per heavy atom. The number of halogens is 1. The summed E-state index contributed by atoms with van der Waals surface area (Å²) in [4.78, 5) is 30.7. The number of carbonyl (C=O) groups is 2. The van der Waals surface area contributed by atoms with Crippen molar-refractivity contribution in [2.75, 3.05) is 11.9 Å². The van der Waals surface area contributed by atoms with Crippen LogP contribution in [-0.2, 0) is 15.5 Å². The Morgan fingerprint density at radius 1 is 1.46 bits per heavy atom. The van der Waals surface area contributed by atoms with Gasteiger partial charge < -0.3 is 10.2 Å². The lowest BCUT2D eigenvalue weighted by Crippen LogP contribution is -2.30. The van der Waals surface area contributed by atoms with Gasteiger partial charge in [0.25, 0.3) is 0 Å². The van der Waals surface area contributed by atoms with Crippen molar-refractivity contribution in [3.63, 3.8) is 0 Å². The lowest BCUT2D eigenvalue weighted by molar-refractivity contribution is -0.129. The number of alkyl halides is 1. The molecular weight excluding hydrogens is 346 g/mol. The molecule has 0 bridgehead atoms. The van der Waals surface area contributed by atoms with E-state index in [4.69, 9.17) is 11.6 Å². The fourth-order valence-electron chi connectivity index (χ4n) is 2.83. The zero-order valence-corrected chi connectivity index (χ0v) is 14.8. The lowest BCUT2D eigenvalue weighted by atomic mass is 10.1. The van der Waals surface area contributed by atoms with Crippen molar-refractivity contribution in [2.45, 2.75) is 25.3 Å². The summed E-state index contributed by atoms with van der Waals surface area (Å²) in [6.45, 7) is 2.41. The SMILES string of the molecule is CC(c1ccccc1)N1CC(C(=O)Nc2nc(CCl)cs2)CC1=O. The second-order valence-electron chi connectivity index (χ2n) is 5.80. The third-order valence-corrected chi connectivity index (χ3v) is 5.28. The number of nitrogens with zero attached hydrogens (tertiary/aromatic N) is 2. The first-order valence-corrected chi connectivity index (χ1v) is 9.15. The molecule has 1 N–H and O–H groups in total. The van der Waals surface area contributed by atoms with Crippen LogP contribution in [0, 0.1) is 5.92 Å². The number of hydrogen-bond donors (Lipinski definition) is 1. The minimum absolute atomic E-state index is 0.00656. The van der Waals surface area contributed by atoms with Crippen LogP contribution >= 0.6 is 22.9 Å². The number of thiazole rings is 1. The highest BCUT2D eigenvalue weighted by Crippen LogP contribution is 2.29. The fraction of sp³-hybridized carbons (Fsp3) is 0.353. The molecular formula is C17H18ClN3O2S. The van der Waals surface area contributed by atoms with Gasteiger partial charge in [-0.2, -0.15) is 0 Å². The number of nitrogens with one attached hydrogen (secondary N) is 1. The number of likely N-dealkylation sites (tertiary alicyclic amines) is 1. The van der Waals surface area contributed by atoms with Crippen molar-refractivity contribution in [1.29, 1.82) is 0 Å². The molecule has 24 heavy (non-hydrogen) atoms. The zero-order chi connectivity index (χ0) is 17.1. The van der Waals surface area contributed by atoms with E-state index in [0.29, 0.717) is 17.6 Å². The first-order valence-electron chi connectivity index (χ1n) is 7.74. The van der Waals surface area contributed by atoms with Crippen LogP contribution in [0.25, 0.3) is 0 Å². The van der Waals surface area contributed by atoms with E-state index in [0.717, 1.165) is 11.3 Å². The highest BCUT2D eigenvalue weighted by Gasteiger charge is 2.37. The minimum Gasteiger partial charge on any atom is -0.335 e. The summed E-state index contributed by atoms with van der Waals surface area (Å²) < 4.78 is 0. The molecule has 0 radical (unpaired) electrons. The van der Waals surface area contributed by atoms with Crippen LogP contribution in [0.4, 0.5) is 5.13 Å². The van der Waals surface area contributed by atoms with E-state index in [1.807, 2.05) is 42.6 Å². The van der Waals surface area contributed by atoms with E-state index in [-0.39, 0.29) is 30.2 Å². The summed E-state index contributed by atoms with van der Waals surface area (Å²) in [6.07, 6.45) is 0.233. The van der Waals surface area contributed by atoms with Gasteiger partial charge in [-0.3, -0.25) is 9.59 Å². The zero-order valence-electron chi connectivity index (χ0n) is 13.2. The fourth-order valence-corrected chi connectivity index (χ4v) is 3.77. The van der Waals surface area contributed by atoms with Crippen LogP contribution in [0.2, 0.25) is 0 Å². The topological polar surface area (TPSA) is 62.3 Å². The van der Waals surface area contributed by atoms with Crippen molar-refractivity contribution >= 4 is 39.9 Å². The normalized spacial score (nSPS) is 18.7. The van der Waals surface area contributed by atoms with Crippen LogP contribution in [-0.4, -0.2) is 28.2 Å². The van der Waals surface area contributed by atoms with E-state index in [2.05, 4.69) is 10.3 Å². The average molecular weight is 364 g/mol. The molecule has 126 valence electrons. The quantitative estimate of drug-likeness (QED) is 0.828. The van der Waals surface area contributed by atoms with Crippen LogP contribution in [0.5, 0.6) is 0 Å². The Morgan fingerprint density at radius 2 is 2.21 bits per heavy atom. The standard InChI is InChI=1S/C17H18ClN3O2S/c1-11(12-5-3-2-4-6-12)21-9-13(7-15(21)22)16(23)20-17-19-14(8-18)10-24-17/h2-6,10-11,13H,7-9H2,1H3,(H,19,20,23). The Kier molecular flexibility index (Phi) is 5.16. The third kappa shape index (κ3) is 3.60. The van der Waals surface area contributed by atoms with Gasteiger partial charge in [-0.25, -0.2) is 4.98 Å². The van der Waals surface area contributed by atoms with Gasteiger partial charge in [-0.15, -0.1) is 22.9 Å². The lowest BCUT2D eigenvalue weighted by Gasteiger charge is -2.25. The average Bonchev–Trinajstić information content (AvgIpc) is 3.21. The Balaban J connectivity index is 1.64. The van der Waals surface area contributed by atoms with Gasteiger partial charge >= 0.3 is 0 Å². The highest BCUT2D eigenvalue weighted by atomic mass is 35.5. The Bertz CT molecular complexity index is 734. The summed E-state index contributed by atoms with van der Waals surface area (Å²) in [5.74, 6) is -0.197. The number of rotatable bonds is 5. The van der Waals surface area contributed by atoms with Crippen molar-refractivity contribution in [3.8, 4) is 0 Å². The number of benzene rings is 1. The van der Waals surface area contributed by atoms with Crippen LogP contribution in [0.1, 0.15) is 30.6 Å². The van der Waals surface area contributed by atoms with E-state index >= 15 is 0 Å². The van der Waals surface area contributed by atoms with E-state index in [1.165, 1.54) is 11.3 Å². The summed E-state index contributed by atoms with van der Waals surface area (Å²) in [7, 11) is 0. The molecule has 0 aliphatic carbocycles. The molecule has 2 unspecified atom stereocenters. The van der Waals surface area contributed by atoms with Crippen molar-refractivity contribution in [2.24, 2.45) is 5.92 Å². The second-order valence-corrected chi connectivity index (χ2v) is 6.93. The largest absolute Gasteiger partial charge is 0.335 e. The number of hydrogen-bond acceptors (Lipinski definition) is 4. The molecule has 0 spiro atoms. The van der Waals surface area contributed by atoms with Gasteiger partial charge in [0.1, 0.15) is 0 Å². The predicted octanol–water partition coefficient (Wildman–Crippen LogP) is 3.43. The molecule has 1 aliphatic rings. The number of carbonyl (C=O) groups excluding carboxylic acids is 2. The molecule has 1 aromatic carbocycles. The summed E-state index contributed by atoms with van der Waals surface area (Å²) in [5.41, 5.74) is 1.80. The number of anilines is 1. The summed E-state index contributed by atoms with van der Waals surface area (Å²) in [6, 6.07) is 9.80. The van der Waals surface area contributed by atoms with Crippen molar-refractivity contribution < 1.29 is 9.59 Å². The van der Waals surface area contributed by atoms with Gasteiger partial charge in [-0.1, -0.05) is 30.3 Å². The van der Waals surface area contributed by atoms with Crippen LogP contribution in [0.15, 0.2) is 35.7 Å². The van der Waals surface area contributed by atoms with E-state index in [9.17, 15) is 9.59 Å². The van der Waals surface area contributed by atoms with E-state index < -0.39 is 0 Å². The van der Waals surface area contributed by atoms with Crippen LogP contribution in [0.3, 0.4) is 0 Å². The molecule has 1 fully saturated rings. The maximum absolute atomic E-state index is 12.4. The van der Waals surface area contributed by atoms with Crippen LogP contribution < -0.4 is 5.32 Å². The maximum atomic E-state index is 12.4. The number of amides is 2. The molecule has 2 aromatic rings. The molecule has 3 rings (SSSR count). The van der Waals surface area contributed by atoms with Gasteiger partial charge in [0, 0.05) is 18.3 Å². The van der Waals surface area contributed by atoms with Gasteiger partial charge in [0.05, 0.1) is 23.5 Å². The molecule has 1 saturated heterocycles. The monoisotopic (exact) mass is 363 g/mol. The Labute approximate surface area is 149 Å².